The predicted octanol–water partition coefficient (Wildman–Crippen LogP) is 2.00. The first-order valence-corrected chi connectivity index (χ1v) is 7.46. The number of carboxylic acid groups (broad SMARTS) is 1. The number of rotatable bonds is 4. The molecular weight excluding hydrogens is 276 g/mol. The van der Waals surface area contributed by atoms with Crippen LogP contribution in [0.25, 0.3) is 0 Å². The van der Waals surface area contributed by atoms with Gasteiger partial charge < -0.3 is 9.67 Å². The van der Waals surface area contributed by atoms with Gasteiger partial charge >= 0.3 is 5.97 Å². The molecule has 0 aliphatic carbocycles. The molecule has 1 aliphatic heterocycles. The summed E-state index contributed by atoms with van der Waals surface area (Å²) >= 11 is 1.54. The van der Waals surface area contributed by atoms with Gasteiger partial charge in [-0.15, -0.1) is 10.2 Å². The van der Waals surface area contributed by atoms with Crippen LogP contribution in [0.5, 0.6) is 0 Å². The first-order valence-electron chi connectivity index (χ1n) is 6.47. The maximum Gasteiger partial charge on any atom is 0.337 e. The quantitative estimate of drug-likeness (QED) is 0.867. The van der Waals surface area contributed by atoms with Gasteiger partial charge in [-0.2, -0.15) is 0 Å². The molecule has 0 radical (unpaired) electrons. The van der Waals surface area contributed by atoms with E-state index in [1.807, 2.05) is 0 Å². The van der Waals surface area contributed by atoms with E-state index in [1.165, 1.54) is 19.0 Å². The fourth-order valence-electron chi connectivity index (χ4n) is 2.21. The van der Waals surface area contributed by atoms with Gasteiger partial charge in [0.05, 0.1) is 16.3 Å². The zero-order valence-corrected chi connectivity index (χ0v) is 11.6. The van der Waals surface area contributed by atoms with Crippen LogP contribution in [-0.2, 0) is 18.7 Å². The largest absolute Gasteiger partial charge is 0.478 e. The molecule has 3 rings (SSSR count). The van der Waals surface area contributed by atoms with Gasteiger partial charge in [0.15, 0.2) is 0 Å². The minimum atomic E-state index is -0.958. The number of carboxylic acids is 1. The summed E-state index contributed by atoms with van der Waals surface area (Å²) in [7, 11) is 0. The molecule has 2 aromatic heterocycles. The number of aromatic carboxylic acids is 1. The van der Waals surface area contributed by atoms with Crippen LogP contribution in [0.3, 0.4) is 0 Å². The van der Waals surface area contributed by atoms with Crippen LogP contribution in [0.15, 0.2) is 23.4 Å². The number of thioether (sulfide) groups is 1. The lowest BCUT2D eigenvalue weighted by molar-refractivity contribution is 0.0696. The van der Waals surface area contributed by atoms with Crippen LogP contribution in [-0.4, -0.2) is 30.8 Å². The Hall–Kier alpha value is -1.89. The molecule has 0 unspecified atom stereocenters. The predicted molar refractivity (Wildman–Crippen MR) is 73.7 cm³/mol. The minimum absolute atomic E-state index is 0.203. The zero-order chi connectivity index (χ0) is 13.9. The van der Waals surface area contributed by atoms with Crippen LogP contribution >= 0.6 is 11.8 Å². The summed E-state index contributed by atoms with van der Waals surface area (Å²) in [6.07, 6.45) is 4.74. The average molecular weight is 290 g/mol. The van der Waals surface area contributed by atoms with E-state index in [0.29, 0.717) is 5.75 Å². The van der Waals surface area contributed by atoms with Crippen molar-refractivity contribution in [1.29, 1.82) is 0 Å². The van der Waals surface area contributed by atoms with E-state index in [2.05, 4.69) is 19.7 Å². The maximum atomic E-state index is 10.7. The van der Waals surface area contributed by atoms with Crippen molar-refractivity contribution in [3.05, 3.63) is 35.5 Å². The van der Waals surface area contributed by atoms with Crippen LogP contribution in [0.1, 0.15) is 34.8 Å². The molecule has 0 atom stereocenters. The Kier molecular flexibility index (Phi) is 3.68. The number of hydrogen-bond acceptors (Lipinski definition) is 5. The fraction of sp³-hybridized carbons (Fsp3) is 0.385. The molecule has 0 spiro atoms. The smallest absolute Gasteiger partial charge is 0.337 e. The second-order valence-corrected chi connectivity index (χ2v) is 5.62. The molecule has 6 nitrogen and oxygen atoms in total. The van der Waals surface area contributed by atoms with E-state index in [4.69, 9.17) is 5.11 Å². The van der Waals surface area contributed by atoms with Crippen molar-refractivity contribution < 1.29 is 9.90 Å². The average Bonchev–Trinajstić information content (AvgIpc) is 2.89. The zero-order valence-electron chi connectivity index (χ0n) is 10.8. The summed E-state index contributed by atoms with van der Waals surface area (Å²) in [6, 6.07) is 3.29. The number of hydrogen-bond donors (Lipinski definition) is 1. The summed E-state index contributed by atoms with van der Waals surface area (Å²) in [4.78, 5) is 14.9. The van der Waals surface area contributed by atoms with Gasteiger partial charge in [-0.1, -0.05) is 11.8 Å². The molecule has 0 amide bonds. The fourth-order valence-corrected chi connectivity index (χ4v) is 2.99. The second kappa shape index (κ2) is 5.62. The lowest BCUT2D eigenvalue weighted by atomic mass is 10.2. The van der Waals surface area contributed by atoms with Gasteiger partial charge in [-0.05, 0) is 25.0 Å². The van der Waals surface area contributed by atoms with E-state index >= 15 is 0 Å². The second-order valence-electron chi connectivity index (χ2n) is 4.62. The Balaban J connectivity index is 1.67. The van der Waals surface area contributed by atoms with Crippen molar-refractivity contribution in [2.24, 2.45) is 0 Å². The van der Waals surface area contributed by atoms with E-state index in [-0.39, 0.29) is 5.56 Å². The van der Waals surface area contributed by atoms with Crippen molar-refractivity contribution in [3.63, 3.8) is 0 Å². The van der Waals surface area contributed by atoms with Crippen molar-refractivity contribution in [3.8, 4) is 0 Å². The summed E-state index contributed by atoms with van der Waals surface area (Å²) in [6.45, 7) is 0.990. The van der Waals surface area contributed by atoms with E-state index in [1.54, 1.807) is 23.9 Å². The van der Waals surface area contributed by atoms with Crippen molar-refractivity contribution in [2.45, 2.75) is 36.6 Å². The molecule has 0 aromatic carbocycles. The molecule has 1 aliphatic rings. The lowest BCUT2D eigenvalue weighted by Crippen LogP contribution is -2.12. The van der Waals surface area contributed by atoms with Gasteiger partial charge in [0.1, 0.15) is 11.6 Å². The third-order valence-electron chi connectivity index (χ3n) is 3.27. The Morgan fingerprint density at radius 1 is 1.35 bits per heavy atom. The molecule has 2 aromatic rings. The summed E-state index contributed by atoms with van der Waals surface area (Å²) in [5.74, 6) is 1.78. The first-order chi connectivity index (χ1) is 9.74. The standard InChI is InChI=1S/C13H14N4O2S/c18-13(19)9-4-5-12(14-7-9)20-8-11-16-15-10-3-1-2-6-17(10)11/h4-5,7H,1-3,6,8H2,(H,18,19). The Labute approximate surface area is 120 Å². The van der Waals surface area contributed by atoms with E-state index < -0.39 is 5.97 Å². The molecule has 0 saturated heterocycles. The van der Waals surface area contributed by atoms with Crippen molar-refractivity contribution in [1.82, 2.24) is 19.7 Å². The van der Waals surface area contributed by atoms with Crippen LogP contribution in [0.4, 0.5) is 0 Å². The Bertz CT molecular complexity index is 624. The third kappa shape index (κ3) is 2.67. The molecule has 1 N–H and O–H groups in total. The molecule has 20 heavy (non-hydrogen) atoms. The molecule has 7 heteroatoms. The highest BCUT2D eigenvalue weighted by atomic mass is 32.2. The van der Waals surface area contributed by atoms with Gasteiger partial charge in [-0.3, -0.25) is 0 Å². The molecule has 0 saturated carbocycles. The maximum absolute atomic E-state index is 10.7. The highest BCUT2D eigenvalue weighted by Crippen LogP contribution is 2.22. The number of pyridine rings is 1. The molecular formula is C13H14N4O2S. The molecule has 3 heterocycles. The Morgan fingerprint density at radius 2 is 2.25 bits per heavy atom. The number of aromatic nitrogens is 4. The number of carbonyl (C=O) groups is 1. The highest BCUT2D eigenvalue weighted by molar-refractivity contribution is 7.98. The van der Waals surface area contributed by atoms with Crippen LogP contribution in [0, 0.1) is 0 Å². The van der Waals surface area contributed by atoms with Crippen LogP contribution in [0.2, 0.25) is 0 Å². The van der Waals surface area contributed by atoms with E-state index in [0.717, 1.165) is 29.6 Å². The molecule has 0 fully saturated rings. The summed E-state index contributed by atoms with van der Waals surface area (Å²) in [5, 5.41) is 18.1. The number of fused-ring (bicyclic) bond motifs is 1. The van der Waals surface area contributed by atoms with Gasteiger partial charge in [0, 0.05) is 19.2 Å². The molecule has 104 valence electrons. The number of aryl methyl sites for hydroxylation is 1. The van der Waals surface area contributed by atoms with Gasteiger partial charge in [0.25, 0.3) is 0 Å². The topological polar surface area (TPSA) is 80.9 Å². The minimum Gasteiger partial charge on any atom is -0.478 e. The molecule has 0 bridgehead atoms. The summed E-state index contributed by atoms with van der Waals surface area (Å²) < 4.78 is 2.18. The normalized spacial score (nSPS) is 14.0. The first kappa shape index (κ1) is 13.1. The summed E-state index contributed by atoms with van der Waals surface area (Å²) in [5.41, 5.74) is 0.203. The Morgan fingerprint density at radius 3 is 3.00 bits per heavy atom. The monoisotopic (exact) mass is 290 g/mol. The van der Waals surface area contributed by atoms with Gasteiger partial charge in [0.2, 0.25) is 0 Å². The van der Waals surface area contributed by atoms with Crippen molar-refractivity contribution >= 4 is 17.7 Å². The van der Waals surface area contributed by atoms with E-state index in [9.17, 15) is 4.79 Å². The van der Waals surface area contributed by atoms with Crippen LogP contribution < -0.4 is 0 Å². The number of nitrogens with zero attached hydrogens (tertiary/aromatic N) is 4. The SMILES string of the molecule is O=C(O)c1ccc(SCc2nnc3n2CCCC3)nc1. The highest BCUT2D eigenvalue weighted by Gasteiger charge is 2.15. The third-order valence-corrected chi connectivity index (χ3v) is 4.21. The van der Waals surface area contributed by atoms with Crippen molar-refractivity contribution in [2.75, 3.05) is 0 Å². The van der Waals surface area contributed by atoms with Gasteiger partial charge in [-0.25, -0.2) is 9.78 Å². The lowest BCUT2D eigenvalue weighted by Gasteiger charge is -2.14.